The Balaban J connectivity index is 2.08. The molecule has 0 radical (unpaired) electrons. The van der Waals surface area contributed by atoms with E-state index in [-0.39, 0.29) is 18.2 Å². The molecule has 1 unspecified atom stereocenters. The molecule has 1 saturated heterocycles. The summed E-state index contributed by atoms with van der Waals surface area (Å²) < 4.78 is 0. The molecule has 19 heavy (non-hydrogen) atoms. The van der Waals surface area contributed by atoms with Crippen molar-refractivity contribution in [1.29, 1.82) is 0 Å². The number of hydrogen-bond acceptors (Lipinski definition) is 2. The Hall–Kier alpha value is -1.26. The van der Waals surface area contributed by atoms with Gasteiger partial charge in [0.05, 0.1) is 16.5 Å². The predicted octanol–water partition coefficient (Wildman–Crippen LogP) is 1.88. The number of nitrogens with zero attached hydrogens (tertiary/aromatic N) is 1. The van der Waals surface area contributed by atoms with E-state index < -0.39 is 6.04 Å². The molecule has 1 atom stereocenters. The highest BCUT2D eigenvalue weighted by atomic mass is 35.5. The van der Waals surface area contributed by atoms with E-state index in [9.17, 15) is 9.59 Å². The molecule has 4 nitrogen and oxygen atoms in total. The number of nitrogens with one attached hydrogen (secondary N) is 1. The number of carbonyl (C=O) groups is 2. The normalized spacial score (nSPS) is 19.2. The maximum atomic E-state index is 12.2. The van der Waals surface area contributed by atoms with Crippen LogP contribution in [-0.4, -0.2) is 35.8 Å². The Labute approximate surface area is 121 Å². The molecule has 0 saturated carbocycles. The standard InChI is InChI=1S/C13H14Cl2N2O2/c1-8-13(19)16-4-5-17(8)12(18)7-9-2-3-10(14)11(15)6-9/h2-3,6,8H,4-5,7H2,1H3,(H,16,19). The lowest BCUT2D eigenvalue weighted by Gasteiger charge is -2.32. The van der Waals surface area contributed by atoms with Crippen molar-refractivity contribution in [3.8, 4) is 0 Å². The van der Waals surface area contributed by atoms with Gasteiger partial charge in [-0.2, -0.15) is 0 Å². The maximum absolute atomic E-state index is 12.2. The first-order valence-corrected chi connectivity index (χ1v) is 6.75. The summed E-state index contributed by atoms with van der Waals surface area (Å²) in [4.78, 5) is 25.3. The van der Waals surface area contributed by atoms with Crippen LogP contribution >= 0.6 is 23.2 Å². The Morgan fingerprint density at radius 1 is 1.42 bits per heavy atom. The first-order chi connectivity index (χ1) is 8.99. The fourth-order valence-corrected chi connectivity index (χ4v) is 2.37. The van der Waals surface area contributed by atoms with Gasteiger partial charge in [-0.05, 0) is 24.6 Å². The Morgan fingerprint density at radius 3 is 2.84 bits per heavy atom. The van der Waals surface area contributed by atoms with Crippen LogP contribution in [0.4, 0.5) is 0 Å². The highest BCUT2D eigenvalue weighted by Crippen LogP contribution is 2.23. The minimum atomic E-state index is -0.427. The lowest BCUT2D eigenvalue weighted by atomic mass is 10.1. The van der Waals surface area contributed by atoms with Gasteiger partial charge in [0.25, 0.3) is 0 Å². The van der Waals surface area contributed by atoms with Crippen molar-refractivity contribution in [2.45, 2.75) is 19.4 Å². The monoisotopic (exact) mass is 300 g/mol. The molecule has 1 aliphatic rings. The molecule has 0 bridgehead atoms. The molecule has 2 amide bonds. The van der Waals surface area contributed by atoms with Crippen LogP contribution in [0.25, 0.3) is 0 Å². The van der Waals surface area contributed by atoms with Crippen molar-refractivity contribution in [3.05, 3.63) is 33.8 Å². The van der Waals surface area contributed by atoms with Gasteiger partial charge in [0.1, 0.15) is 6.04 Å². The zero-order valence-electron chi connectivity index (χ0n) is 10.5. The summed E-state index contributed by atoms with van der Waals surface area (Å²) in [5.74, 6) is -0.200. The zero-order chi connectivity index (χ0) is 14.0. The molecule has 6 heteroatoms. The van der Waals surface area contributed by atoms with E-state index in [0.717, 1.165) is 5.56 Å². The third kappa shape index (κ3) is 3.19. The van der Waals surface area contributed by atoms with Crippen LogP contribution < -0.4 is 5.32 Å². The van der Waals surface area contributed by atoms with Gasteiger partial charge in [0.15, 0.2) is 0 Å². The molecule has 0 aliphatic carbocycles. The third-order valence-corrected chi connectivity index (χ3v) is 3.90. The van der Waals surface area contributed by atoms with E-state index in [4.69, 9.17) is 23.2 Å². The first kappa shape index (κ1) is 14.2. The summed E-state index contributed by atoms with van der Waals surface area (Å²) in [6, 6.07) is 4.68. The van der Waals surface area contributed by atoms with Gasteiger partial charge in [-0.3, -0.25) is 9.59 Å². The second kappa shape index (κ2) is 5.80. The lowest BCUT2D eigenvalue weighted by molar-refractivity contribution is -0.142. The fraction of sp³-hybridized carbons (Fsp3) is 0.385. The molecule has 1 fully saturated rings. The summed E-state index contributed by atoms with van der Waals surface area (Å²) in [6.45, 7) is 2.75. The smallest absolute Gasteiger partial charge is 0.242 e. The molecular formula is C13H14Cl2N2O2. The quantitative estimate of drug-likeness (QED) is 0.907. The summed E-state index contributed by atoms with van der Waals surface area (Å²) >= 11 is 11.7. The van der Waals surface area contributed by atoms with Crippen LogP contribution in [0.2, 0.25) is 10.0 Å². The average molecular weight is 301 g/mol. The summed E-state index contributed by atoms with van der Waals surface area (Å²) in [5.41, 5.74) is 0.789. The zero-order valence-corrected chi connectivity index (χ0v) is 12.0. The van der Waals surface area contributed by atoms with Crippen LogP contribution in [-0.2, 0) is 16.0 Å². The van der Waals surface area contributed by atoms with Crippen molar-refractivity contribution >= 4 is 35.0 Å². The van der Waals surface area contributed by atoms with Gasteiger partial charge in [0.2, 0.25) is 11.8 Å². The molecule has 0 spiro atoms. The summed E-state index contributed by atoms with van der Waals surface area (Å²) in [6.07, 6.45) is 0.217. The van der Waals surface area contributed by atoms with Crippen LogP contribution in [0, 0.1) is 0 Å². The Morgan fingerprint density at radius 2 is 2.16 bits per heavy atom. The third-order valence-electron chi connectivity index (χ3n) is 3.16. The second-order valence-corrected chi connectivity index (χ2v) is 5.29. The van der Waals surface area contributed by atoms with Gasteiger partial charge < -0.3 is 10.2 Å². The van der Waals surface area contributed by atoms with Crippen LogP contribution in [0.15, 0.2) is 18.2 Å². The number of benzene rings is 1. The molecule has 1 heterocycles. The summed E-state index contributed by atoms with van der Waals surface area (Å²) in [7, 11) is 0. The number of piperazine rings is 1. The van der Waals surface area contributed by atoms with Gasteiger partial charge >= 0.3 is 0 Å². The molecular weight excluding hydrogens is 287 g/mol. The number of halogens is 2. The number of carbonyl (C=O) groups excluding carboxylic acids is 2. The van der Waals surface area contributed by atoms with E-state index >= 15 is 0 Å². The lowest BCUT2D eigenvalue weighted by Crippen LogP contribution is -2.56. The first-order valence-electron chi connectivity index (χ1n) is 6.00. The van der Waals surface area contributed by atoms with E-state index in [0.29, 0.717) is 23.1 Å². The minimum Gasteiger partial charge on any atom is -0.353 e. The Bertz CT molecular complexity index is 519. The van der Waals surface area contributed by atoms with Gasteiger partial charge in [-0.15, -0.1) is 0 Å². The number of hydrogen-bond donors (Lipinski definition) is 1. The maximum Gasteiger partial charge on any atom is 0.242 e. The van der Waals surface area contributed by atoms with E-state index in [2.05, 4.69) is 5.32 Å². The highest BCUT2D eigenvalue weighted by molar-refractivity contribution is 6.42. The van der Waals surface area contributed by atoms with Crippen molar-refractivity contribution in [2.75, 3.05) is 13.1 Å². The van der Waals surface area contributed by atoms with Gasteiger partial charge in [0, 0.05) is 13.1 Å². The molecule has 2 rings (SSSR count). The SMILES string of the molecule is CC1C(=O)NCCN1C(=O)Cc1ccc(Cl)c(Cl)c1. The van der Waals surface area contributed by atoms with Crippen molar-refractivity contribution in [2.24, 2.45) is 0 Å². The van der Waals surface area contributed by atoms with Crippen LogP contribution in [0.1, 0.15) is 12.5 Å². The van der Waals surface area contributed by atoms with E-state index in [1.165, 1.54) is 0 Å². The highest BCUT2D eigenvalue weighted by Gasteiger charge is 2.28. The predicted molar refractivity (Wildman–Crippen MR) is 74.4 cm³/mol. The van der Waals surface area contributed by atoms with Crippen LogP contribution in [0.5, 0.6) is 0 Å². The van der Waals surface area contributed by atoms with Gasteiger partial charge in [-0.1, -0.05) is 29.3 Å². The van der Waals surface area contributed by atoms with Crippen LogP contribution in [0.3, 0.4) is 0 Å². The van der Waals surface area contributed by atoms with E-state index in [1.54, 1.807) is 30.0 Å². The Kier molecular flexibility index (Phi) is 4.32. The molecule has 1 N–H and O–H groups in total. The number of amides is 2. The topological polar surface area (TPSA) is 49.4 Å². The summed E-state index contributed by atoms with van der Waals surface area (Å²) in [5, 5.41) is 3.61. The van der Waals surface area contributed by atoms with Crippen molar-refractivity contribution in [1.82, 2.24) is 10.2 Å². The van der Waals surface area contributed by atoms with Crippen molar-refractivity contribution < 1.29 is 9.59 Å². The molecule has 1 aliphatic heterocycles. The number of rotatable bonds is 2. The molecule has 1 aromatic carbocycles. The molecule has 0 aromatic heterocycles. The fourth-order valence-electron chi connectivity index (χ4n) is 2.05. The van der Waals surface area contributed by atoms with Crippen molar-refractivity contribution in [3.63, 3.8) is 0 Å². The minimum absolute atomic E-state index is 0.0826. The largest absolute Gasteiger partial charge is 0.353 e. The molecule has 102 valence electrons. The average Bonchev–Trinajstić information content (AvgIpc) is 2.37. The van der Waals surface area contributed by atoms with Gasteiger partial charge in [-0.25, -0.2) is 0 Å². The molecule has 1 aromatic rings. The van der Waals surface area contributed by atoms with E-state index in [1.807, 2.05) is 0 Å². The second-order valence-electron chi connectivity index (χ2n) is 4.48.